The first-order valence-electron chi connectivity index (χ1n) is 6.92. The van der Waals surface area contributed by atoms with E-state index >= 15 is 0 Å². The smallest absolute Gasteiger partial charge is 0.311 e. The summed E-state index contributed by atoms with van der Waals surface area (Å²) in [6, 6.07) is 12.1. The molecule has 0 spiro atoms. The molecule has 0 aromatic heterocycles. The molecular weight excluding hydrogens is 328 g/mol. The Bertz CT molecular complexity index is 873. The number of benzene rings is 2. The Morgan fingerprint density at radius 2 is 2.16 bits per heavy atom. The number of nitrogens with one attached hydrogen (secondary N) is 1. The number of rotatable bonds is 6. The number of nitro benzene ring substituents is 1. The molecule has 0 aliphatic rings. The number of hydrogen-bond acceptors (Lipinski definition) is 7. The standard InChI is InChI=1S/C16H12N4O5/c17-8-12-3-1-2-4-15(12)25-10-16(22)19-18-9-11-5-6-14(21)13(7-11)20(23)24/h1-7,9,21H,10H2,(H,19,22)/b18-9-. The Hall–Kier alpha value is -3.93. The number of nitrogens with zero attached hydrogens (tertiary/aromatic N) is 3. The van der Waals surface area contributed by atoms with Crippen LogP contribution in [-0.2, 0) is 4.79 Å². The largest absolute Gasteiger partial charge is 0.502 e. The molecule has 1 amide bonds. The third kappa shape index (κ3) is 4.77. The van der Waals surface area contributed by atoms with Crippen molar-refractivity contribution < 1.29 is 19.6 Å². The molecule has 0 heterocycles. The van der Waals surface area contributed by atoms with Gasteiger partial charge >= 0.3 is 5.69 Å². The minimum Gasteiger partial charge on any atom is -0.502 e. The van der Waals surface area contributed by atoms with Crippen molar-refractivity contribution in [3.63, 3.8) is 0 Å². The van der Waals surface area contributed by atoms with Crippen LogP contribution >= 0.6 is 0 Å². The number of para-hydroxylation sites is 1. The van der Waals surface area contributed by atoms with E-state index in [1.54, 1.807) is 24.3 Å². The SMILES string of the molecule is N#Cc1ccccc1OCC(=O)N/N=C\c1ccc(O)c([N+](=O)[O-])c1. The van der Waals surface area contributed by atoms with Crippen LogP contribution in [0, 0.1) is 21.4 Å². The molecule has 9 heteroatoms. The van der Waals surface area contributed by atoms with Crippen LogP contribution in [0.2, 0.25) is 0 Å². The number of nitro groups is 1. The number of amides is 1. The van der Waals surface area contributed by atoms with Crippen LogP contribution in [0.4, 0.5) is 5.69 Å². The molecular formula is C16H12N4O5. The van der Waals surface area contributed by atoms with E-state index in [9.17, 15) is 20.0 Å². The van der Waals surface area contributed by atoms with E-state index in [4.69, 9.17) is 10.00 Å². The van der Waals surface area contributed by atoms with Crippen LogP contribution in [0.25, 0.3) is 0 Å². The Kier molecular flexibility index (Phi) is 5.63. The van der Waals surface area contributed by atoms with Gasteiger partial charge in [-0.25, -0.2) is 5.43 Å². The number of nitriles is 1. The highest BCUT2D eigenvalue weighted by Crippen LogP contribution is 2.25. The van der Waals surface area contributed by atoms with Gasteiger partial charge in [-0.3, -0.25) is 14.9 Å². The van der Waals surface area contributed by atoms with Gasteiger partial charge in [0.05, 0.1) is 16.7 Å². The number of ether oxygens (including phenoxy) is 1. The second kappa shape index (κ2) is 8.07. The molecule has 2 N–H and O–H groups in total. The van der Waals surface area contributed by atoms with E-state index in [2.05, 4.69) is 10.5 Å². The zero-order valence-electron chi connectivity index (χ0n) is 12.7. The highest BCUT2D eigenvalue weighted by Gasteiger charge is 2.12. The van der Waals surface area contributed by atoms with Gasteiger partial charge < -0.3 is 9.84 Å². The maximum Gasteiger partial charge on any atom is 0.311 e. The van der Waals surface area contributed by atoms with Gasteiger partial charge in [0.25, 0.3) is 5.91 Å². The van der Waals surface area contributed by atoms with E-state index in [1.807, 2.05) is 6.07 Å². The zero-order valence-corrected chi connectivity index (χ0v) is 12.7. The van der Waals surface area contributed by atoms with Crippen molar-refractivity contribution in [1.82, 2.24) is 5.43 Å². The van der Waals surface area contributed by atoms with E-state index < -0.39 is 22.3 Å². The first kappa shape index (κ1) is 17.4. The van der Waals surface area contributed by atoms with Gasteiger partial charge in [-0.1, -0.05) is 12.1 Å². The Morgan fingerprint density at radius 1 is 1.40 bits per heavy atom. The molecule has 0 atom stereocenters. The zero-order chi connectivity index (χ0) is 18.2. The van der Waals surface area contributed by atoms with Gasteiger partial charge in [0.1, 0.15) is 11.8 Å². The van der Waals surface area contributed by atoms with Crippen molar-refractivity contribution in [2.24, 2.45) is 5.10 Å². The predicted molar refractivity (Wildman–Crippen MR) is 87.1 cm³/mol. The van der Waals surface area contributed by atoms with Crippen molar-refractivity contribution in [2.75, 3.05) is 6.61 Å². The normalized spacial score (nSPS) is 10.2. The third-order valence-electron chi connectivity index (χ3n) is 2.97. The second-order valence-corrected chi connectivity index (χ2v) is 4.70. The van der Waals surface area contributed by atoms with Crippen molar-refractivity contribution in [2.45, 2.75) is 0 Å². The lowest BCUT2D eigenvalue weighted by atomic mass is 10.2. The summed E-state index contributed by atoms with van der Waals surface area (Å²) in [4.78, 5) is 21.6. The molecule has 0 bridgehead atoms. The van der Waals surface area contributed by atoms with E-state index in [-0.39, 0.29) is 12.4 Å². The Morgan fingerprint density at radius 3 is 2.88 bits per heavy atom. The summed E-state index contributed by atoms with van der Waals surface area (Å²) >= 11 is 0. The molecule has 0 fully saturated rings. The molecule has 0 saturated heterocycles. The fourth-order valence-electron chi connectivity index (χ4n) is 1.81. The van der Waals surface area contributed by atoms with Crippen LogP contribution in [0.5, 0.6) is 11.5 Å². The minimum atomic E-state index is -0.730. The van der Waals surface area contributed by atoms with Crippen LogP contribution in [0.1, 0.15) is 11.1 Å². The van der Waals surface area contributed by atoms with Crippen molar-refractivity contribution in [3.05, 3.63) is 63.7 Å². The average Bonchev–Trinajstić information content (AvgIpc) is 2.61. The van der Waals surface area contributed by atoms with Gasteiger partial charge in [-0.15, -0.1) is 0 Å². The van der Waals surface area contributed by atoms with E-state index in [0.29, 0.717) is 11.1 Å². The number of carbonyl (C=O) groups excluding carboxylic acids is 1. The summed E-state index contributed by atoms with van der Waals surface area (Å²) in [7, 11) is 0. The lowest BCUT2D eigenvalue weighted by Gasteiger charge is -2.06. The Balaban J connectivity index is 1.92. The fraction of sp³-hybridized carbons (Fsp3) is 0.0625. The summed E-state index contributed by atoms with van der Waals surface area (Å²) in [5, 5.41) is 32.6. The summed E-state index contributed by atoms with van der Waals surface area (Å²) in [6.07, 6.45) is 1.19. The third-order valence-corrected chi connectivity index (χ3v) is 2.97. The molecule has 0 aliphatic heterocycles. The lowest BCUT2D eigenvalue weighted by Crippen LogP contribution is -2.24. The lowest BCUT2D eigenvalue weighted by molar-refractivity contribution is -0.385. The fourth-order valence-corrected chi connectivity index (χ4v) is 1.81. The van der Waals surface area contributed by atoms with Gasteiger partial charge in [-0.05, 0) is 24.3 Å². The number of aromatic hydroxyl groups is 1. The van der Waals surface area contributed by atoms with Crippen LogP contribution < -0.4 is 10.2 Å². The van der Waals surface area contributed by atoms with Crippen molar-refractivity contribution >= 4 is 17.8 Å². The van der Waals surface area contributed by atoms with E-state index in [0.717, 1.165) is 12.1 Å². The first-order chi connectivity index (χ1) is 12.0. The highest BCUT2D eigenvalue weighted by atomic mass is 16.6. The quantitative estimate of drug-likeness (QED) is 0.466. The first-order valence-corrected chi connectivity index (χ1v) is 6.92. The highest BCUT2D eigenvalue weighted by molar-refractivity contribution is 5.84. The monoisotopic (exact) mass is 340 g/mol. The van der Waals surface area contributed by atoms with Crippen molar-refractivity contribution in [3.8, 4) is 17.6 Å². The molecule has 2 aromatic carbocycles. The number of hydrazone groups is 1. The summed E-state index contributed by atoms with van der Waals surface area (Å²) in [6.45, 7) is -0.355. The molecule has 126 valence electrons. The van der Waals surface area contributed by atoms with Gasteiger partial charge in [0.15, 0.2) is 12.4 Å². The van der Waals surface area contributed by atoms with Crippen LogP contribution in [-0.4, -0.2) is 28.8 Å². The average molecular weight is 340 g/mol. The molecule has 9 nitrogen and oxygen atoms in total. The number of hydrogen-bond donors (Lipinski definition) is 2. The van der Waals surface area contributed by atoms with Crippen LogP contribution in [0.3, 0.4) is 0 Å². The van der Waals surface area contributed by atoms with Gasteiger partial charge in [0, 0.05) is 11.6 Å². The van der Waals surface area contributed by atoms with Gasteiger partial charge in [0.2, 0.25) is 0 Å². The molecule has 0 aliphatic carbocycles. The molecule has 2 rings (SSSR count). The molecule has 0 radical (unpaired) electrons. The molecule has 25 heavy (non-hydrogen) atoms. The second-order valence-electron chi connectivity index (χ2n) is 4.70. The molecule has 0 unspecified atom stereocenters. The maximum absolute atomic E-state index is 11.7. The summed E-state index contributed by atoms with van der Waals surface area (Å²) in [5.74, 6) is -0.758. The Labute approximate surface area is 141 Å². The number of phenolic OH excluding ortho intramolecular Hbond substituents is 1. The maximum atomic E-state index is 11.7. The van der Waals surface area contributed by atoms with E-state index in [1.165, 1.54) is 12.3 Å². The number of phenols is 1. The predicted octanol–water partition coefficient (Wildman–Crippen LogP) is 1.70. The minimum absolute atomic E-state index is 0.276. The van der Waals surface area contributed by atoms with Crippen molar-refractivity contribution in [1.29, 1.82) is 5.26 Å². The molecule has 0 saturated carbocycles. The topological polar surface area (TPSA) is 138 Å². The molecule has 2 aromatic rings. The summed E-state index contributed by atoms with van der Waals surface area (Å²) in [5.41, 5.74) is 2.35. The number of carbonyl (C=O) groups is 1. The summed E-state index contributed by atoms with van der Waals surface area (Å²) < 4.78 is 5.23. The van der Waals surface area contributed by atoms with Crippen LogP contribution in [0.15, 0.2) is 47.6 Å². The van der Waals surface area contributed by atoms with Gasteiger partial charge in [-0.2, -0.15) is 10.4 Å².